The lowest BCUT2D eigenvalue weighted by atomic mass is 9.84. The topological polar surface area (TPSA) is 35.5 Å². The summed E-state index contributed by atoms with van der Waals surface area (Å²) < 4.78 is 0. The van der Waals surface area contributed by atoms with Crippen LogP contribution in [0.4, 0.5) is 0 Å². The Bertz CT molecular complexity index is 310. The highest BCUT2D eigenvalue weighted by Gasteiger charge is 2.41. The largest absolute Gasteiger partial charge is 0.394 e. The van der Waals surface area contributed by atoms with E-state index in [1.54, 1.807) is 0 Å². The summed E-state index contributed by atoms with van der Waals surface area (Å²) in [5.41, 5.74) is 0.0186. The van der Waals surface area contributed by atoms with E-state index in [-0.39, 0.29) is 5.54 Å². The highest BCUT2D eigenvalue weighted by atomic mass is 16.3. The molecule has 1 saturated heterocycles. The number of hydrogen-bond acceptors (Lipinski definition) is 3. The molecule has 4 atom stereocenters. The van der Waals surface area contributed by atoms with E-state index in [1.807, 2.05) is 0 Å². The molecule has 3 heteroatoms. The molecule has 0 bridgehead atoms. The first kappa shape index (κ1) is 17.2. The summed E-state index contributed by atoms with van der Waals surface area (Å²) in [5.74, 6) is 2.38. The lowest BCUT2D eigenvalue weighted by molar-refractivity contribution is 0.0946. The van der Waals surface area contributed by atoms with Gasteiger partial charge in [0.05, 0.1) is 6.61 Å². The maximum atomic E-state index is 9.95. The Morgan fingerprint density at radius 2 is 2.05 bits per heavy atom. The van der Waals surface area contributed by atoms with Gasteiger partial charge < -0.3 is 15.3 Å². The van der Waals surface area contributed by atoms with Crippen LogP contribution >= 0.6 is 0 Å². The van der Waals surface area contributed by atoms with Crippen molar-refractivity contribution in [1.82, 2.24) is 10.2 Å². The molecular weight excluding hydrogens is 260 g/mol. The predicted octanol–water partition coefficient (Wildman–Crippen LogP) is 2.89. The van der Waals surface area contributed by atoms with Gasteiger partial charge in [0.2, 0.25) is 0 Å². The summed E-state index contributed by atoms with van der Waals surface area (Å²) in [4.78, 5) is 2.66. The van der Waals surface area contributed by atoms with Crippen LogP contribution in [0.15, 0.2) is 0 Å². The van der Waals surface area contributed by atoms with Crippen LogP contribution in [0.1, 0.15) is 59.3 Å². The maximum absolute atomic E-state index is 9.95. The number of nitrogens with zero attached hydrogens (tertiary/aromatic N) is 1. The van der Waals surface area contributed by atoms with Gasteiger partial charge in [-0.15, -0.1) is 0 Å². The number of likely N-dealkylation sites (tertiary alicyclic amines) is 1. The molecule has 0 radical (unpaired) electrons. The number of hydrogen-bond donors (Lipinski definition) is 2. The molecule has 4 unspecified atom stereocenters. The Morgan fingerprint density at radius 3 is 2.71 bits per heavy atom. The van der Waals surface area contributed by atoms with Crippen LogP contribution < -0.4 is 5.32 Å². The average Bonchev–Trinajstić information content (AvgIpc) is 2.90. The summed E-state index contributed by atoms with van der Waals surface area (Å²) >= 11 is 0. The monoisotopic (exact) mass is 296 g/mol. The first-order chi connectivity index (χ1) is 10.1. The van der Waals surface area contributed by atoms with Gasteiger partial charge in [-0.1, -0.05) is 27.2 Å². The molecule has 124 valence electrons. The second-order valence-corrected chi connectivity index (χ2v) is 7.66. The van der Waals surface area contributed by atoms with Crippen LogP contribution in [0.3, 0.4) is 0 Å². The van der Waals surface area contributed by atoms with E-state index >= 15 is 0 Å². The van der Waals surface area contributed by atoms with Crippen LogP contribution in [0.25, 0.3) is 0 Å². The van der Waals surface area contributed by atoms with E-state index < -0.39 is 0 Å². The maximum Gasteiger partial charge on any atom is 0.0616 e. The second-order valence-electron chi connectivity index (χ2n) is 7.66. The van der Waals surface area contributed by atoms with Crippen molar-refractivity contribution < 1.29 is 5.11 Å². The summed E-state index contributed by atoms with van der Waals surface area (Å²) in [6, 6.07) is 0. The van der Waals surface area contributed by atoms with Crippen molar-refractivity contribution >= 4 is 0 Å². The Labute approximate surface area is 131 Å². The fraction of sp³-hybridized carbons (Fsp3) is 1.00. The van der Waals surface area contributed by atoms with Crippen molar-refractivity contribution in [3.05, 3.63) is 0 Å². The highest BCUT2D eigenvalue weighted by Crippen LogP contribution is 2.38. The molecule has 21 heavy (non-hydrogen) atoms. The first-order valence-electron chi connectivity index (χ1n) is 9.19. The second kappa shape index (κ2) is 7.94. The Hall–Kier alpha value is -0.120. The molecule has 0 spiro atoms. The minimum Gasteiger partial charge on any atom is -0.394 e. The smallest absolute Gasteiger partial charge is 0.0616 e. The molecule has 2 fully saturated rings. The molecule has 0 amide bonds. The quantitative estimate of drug-likeness (QED) is 0.758. The third-order valence-corrected chi connectivity index (χ3v) is 6.18. The van der Waals surface area contributed by atoms with Gasteiger partial charge >= 0.3 is 0 Å². The summed E-state index contributed by atoms with van der Waals surface area (Å²) in [6.45, 7) is 12.1. The summed E-state index contributed by atoms with van der Waals surface area (Å²) in [6.07, 6.45) is 7.47. The number of aliphatic hydroxyl groups is 1. The van der Waals surface area contributed by atoms with Crippen molar-refractivity contribution in [2.75, 3.05) is 32.8 Å². The molecule has 2 rings (SSSR count). The minimum atomic E-state index is 0.0186. The fourth-order valence-electron chi connectivity index (χ4n) is 4.33. The van der Waals surface area contributed by atoms with E-state index in [0.717, 1.165) is 31.2 Å². The zero-order chi connectivity index (χ0) is 15.3. The van der Waals surface area contributed by atoms with Crippen molar-refractivity contribution in [2.45, 2.75) is 64.8 Å². The Balaban J connectivity index is 1.83. The SMILES string of the molecule is CCCNC1(CO)CCCC1CCN1CCC(C)C(C)C1. The lowest BCUT2D eigenvalue weighted by Crippen LogP contribution is -2.52. The van der Waals surface area contributed by atoms with Gasteiger partial charge in [0, 0.05) is 12.1 Å². The van der Waals surface area contributed by atoms with Gasteiger partial charge in [0.15, 0.2) is 0 Å². The predicted molar refractivity (Wildman–Crippen MR) is 89.5 cm³/mol. The zero-order valence-corrected chi connectivity index (χ0v) is 14.4. The van der Waals surface area contributed by atoms with Crippen LogP contribution in [-0.4, -0.2) is 48.3 Å². The van der Waals surface area contributed by atoms with Crippen molar-refractivity contribution in [3.8, 4) is 0 Å². The minimum absolute atomic E-state index is 0.0186. The van der Waals surface area contributed by atoms with Crippen LogP contribution in [0.5, 0.6) is 0 Å². The molecular formula is C18H36N2O. The van der Waals surface area contributed by atoms with E-state index in [1.165, 1.54) is 45.3 Å². The molecule has 2 N–H and O–H groups in total. The van der Waals surface area contributed by atoms with Gasteiger partial charge in [-0.25, -0.2) is 0 Å². The van der Waals surface area contributed by atoms with E-state index in [4.69, 9.17) is 0 Å². The fourth-order valence-corrected chi connectivity index (χ4v) is 4.33. The van der Waals surface area contributed by atoms with Gasteiger partial charge in [0.1, 0.15) is 0 Å². The Morgan fingerprint density at radius 1 is 1.24 bits per heavy atom. The van der Waals surface area contributed by atoms with Gasteiger partial charge in [-0.05, 0) is 69.5 Å². The Kier molecular flexibility index (Phi) is 6.51. The van der Waals surface area contributed by atoms with Crippen molar-refractivity contribution in [1.29, 1.82) is 0 Å². The van der Waals surface area contributed by atoms with Crippen LogP contribution in [0.2, 0.25) is 0 Å². The van der Waals surface area contributed by atoms with Crippen LogP contribution in [-0.2, 0) is 0 Å². The molecule has 3 nitrogen and oxygen atoms in total. The number of piperidine rings is 1. The highest BCUT2D eigenvalue weighted by molar-refractivity contribution is 4.99. The molecule has 2 aliphatic rings. The van der Waals surface area contributed by atoms with E-state index in [9.17, 15) is 5.11 Å². The third-order valence-electron chi connectivity index (χ3n) is 6.18. The van der Waals surface area contributed by atoms with Gasteiger partial charge in [-0.3, -0.25) is 0 Å². The lowest BCUT2D eigenvalue weighted by Gasteiger charge is -2.39. The van der Waals surface area contributed by atoms with Crippen molar-refractivity contribution in [2.24, 2.45) is 17.8 Å². The number of aliphatic hydroxyl groups excluding tert-OH is 1. The van der Waals surface area contributed by atoms with Crippen molar-refractivity contribution in [3.63, 3.8) is 0 Å². The zero-order valence-electron chi connectivity index (χ0n) is 14.4. The molecule has 1 saturated carbocycles. The molecule has 0 aromatic rings. The molecule has 0 aromatic heterocycles. The normalized spacial score (nSPS) is 38.0. The number of nitrogens with one attached hydrogen (secondary N) is 1. The molecule has 1 aliphatic carbocycles. The van der Waals surface area contributed by atoms with E-state index in [0.29, 0.717) is 12.5 Å². The first-order valence-corrected chi connectivity index (χ1v) is 9.19. The summed E-state index contributed by atoms with van der Waals surface area (Å²) in [7, 11) is 0. The third kappa shape index (κ3) is 4.20. The molecule has 1 aliphatic heterocycles. The van der Waals surface area contributed by atoms with Gasteiger partial charge in [0.25, 0.3) is 0 Å². The summed E-state index contributed by atoms with van der Waals surface area (Å²) in [5, 5.41) is 13.6. The standard InChI is InChI=1S/C18H36N2O/c1-4-10-19-18(14-21)9-5-6-17(18)8-12-20-11-7-15(2)16(3)13-20/h15-17,19,21H,4-14H2,1-3H3. The molecule has 0 aromatic carbocycles. The van der Waals surface area contributed by atoms with E-state index in [2.05, 4.69) is 31.0 Å². The molecule has 1 heterocycles. The average molecular weight is 296 g/mol. The number of rotatable bonds is 7. The van der Waals surface area contributed by atoms with Gasteiger partial charge in [-0.2, -0.15) is 0 Å². The van der Waals surface area contributed by atoms with Crippen LogP contribution in [0, 0.1) is 17.8 Å².